The van der Waals surface area contributed by atoms with Crippen molar-refractivity contribution in [3.8, 4) is 17.3 Å². The lowest BCUT2D eigenvalue weighted by molar-refractivity contribution is -0.384. The quantitative estimate of drug-likeness (QED) is 0.381. The molecule has 0 bridgehead atoms. The molecule has 0 spiro atoms. The van der Waals surface area contributed by atoms with Crippen molar-refractivity contribution in [1.82, 2.24) is 4.98 Å². The molecule has 134 valence electrons. The van der Waals surface area contributed by atoms with Gasteiger partial charge in [-0.25, -0.2) is 13.8 Å². The number of hydrogen-bond donors (Lipinski definition) is 1. The second-order valence-corrected chi connectivity index (χ2v) is 6.14. The Morgan fingerprint density at radius 1 is 1.26 bits per heavy atom. The van der Waals surface area contributed by atoms with Crippen LogP contribution in [0, 0.1) is 33.1 Å². The number of aromatic nitrogens is 1. The van der Waals surface area contributed by atoms with Crippen LogP contribution in [-0.4, -0.2) is 9.91 Å². The highest BCUT2D eigenvalue weighted by Gasteiger charge is 2.12. The van der Waals surface area contributed by atoms with Gasteiger partial charge in [-0.2, -0.15) is 5.26 Å². The highest BCUT2D eigenvalue weighted by Crippen LogP contribution is 2.27. The number of rotatable bonds is 5. The topological polar surface area (TPSA) is 91.8 Å². The van der Waals surface area contributed by atoms with Gasteiger partial charge in [0.2, 0.25) is 0 Å². The minimum Gasteiger partial charge on any atom is -0.358 e. The zero-order valence-corrected chi connectivity index (χ0v) is 14.3. The second kappa shape index (κ2) is 7.72. The molecule has 0 aliphatic heterocycles. The Balaban J connectivity index is 1.86. The summed E-state index contributed by atoms with van der Waals surface area (Å²) < 4.78 is 26.8. The maximum Gasteiger partial charge on any atom is 0.271 e. The average molecular weight is 384 g/mol. The molecule has 0 aliphatic rings. The minimum atomic E-state index is -0.694. The number of nitrogens with zero attached hydrogens (tertiary/aromatic N) is 3. The van der Waals surface area contributed by atoms with E-state index in [9.17, 15) is 24.2 Å². The number of benzene rings is 2. The highest BCUT2D eigenvalue weighted by molar-refractivity contribution is 7.11. The second-order valence-electron chi connectivity index (χ2n) is 5.28. The van der Waals surface area contributed by atoms with Gasteiger partial charge in [0.15, 0.2) is 0 Å². The predicted molar refractivity (Wildman–Crippen MR) is 97.8 cm³/mol. The van der Waals surface area contributed by atoms with E-state index in [2.05, 4.69) is 10.3 Å². The van der Waals surface area contributed by atoms with Crippen molar-refractivity contribution in [2.45, 2.75) is 0 Å². The number of anilines is 1. The Kier molecular flexibility index (Phi) is 5.19. The molecular weight excluding hydrogens is 374 g/mol. The van der Waals surface area contributed by atoms with E-state index in [1.165, 1.54) is 29.7 Å². The number of nitrogens with one attached hydrogen (secondary N) is 1. The fraction of sp³-hybridized carbons (Fsp3) is 0. The van der Waals surface area contributed by atoms with Crippen molar-refractivity contribution in [1.29, 1.82) is 5.26 Å². The molecule has 27 heavy (non-hydrogen) atoms. The molecule has 0 unspecified atom stereocenters. The standard InChI is InChI=1S/C18H10F2N4O2S/c19-13-3-1-11(2-4-13)17-10-27-18(23-17)12(8-21)9-22-16-7-14(24(25)26)5-6-15(16)20/h1-7,9-10,22H/b12-9-. The van der Waals surface area contributed by atoms with Gasteiger partial charge in [-0.3, -0.25) is 10.1 Å². The van der Waals surface area contributed by atoms with E-state index in [4.69, 9.17) is 0 Å². The number of nitriles is 1. The molecule has 1 N–H and O–H groups in total. The molecular formula is C18H10F2N4O2S. The van der Waals surface area contributed by atoms with Gasteiger partial charge < -0.3 is 5.32 Å². The van der Waals surface area contributed by atoms with Crippen molar-refractivity contribution >= 4 is 28.3 Å². The first kappa shape index (κ1) is 18.2. The maximum absolute atomic E-state index is 13.8. The van der Waals surface area contributed by atoms with Crippen molar-refractivity contribution in [2.24, 2.45) is 0 Å². The summed E-state index contributed by atoms with van der Waals surface area (Å²) >= 11 is 1.19. The smallest absolute Gasteiger partial charge is 0.271 e. The van der Waals surface area contributed by atoms with Crippen molar-refractivity contribution < 1.29 is 13.7 Å². The minimum absolute atomic E-state index is 0.124. The first-order valence-electron chi connectivity index (χ1n) is 7.50. The number of nitro benzene ring substituents is 1. The molecule has 3 rings (SSSR count). The van der Waals surface area contributed by atoms with E-state index in [1.54, 1.807) is 17.5 Å². The number of thiazole rings is 1. The van der Waals surface area contributed by atoms with Gasteiger partial charge in [0.1, 0.15) is 28.3 Å². The summed E-state index contributed by atoms with van der Waals surface area (Å²) in [6.45, 7) is 0. The third-order valence-corrected chi connectivity index (χ3v) is 4.40. The summed E-state index contributed by atoms with van der Waals surface area (Å²) in [7, 11) is 0. The Morgan fingerprint density at radius 2 is 2.00 bits per heavy atom. The van der Waals surface area contributed by atoms with Crippen molar-refractivity contribution in [3.63, 3.8) is 0 Å². The predicted octanol–water partition coefficient (Wildman–Crippen LogP) is 4.97. The van der Waals surface area contributed by atoms with Crippen molar-refractivity contribution in [2.75, 3.05) is 5.32 Å². The zero-order valence-electron chi connectivity index (χ0n) is 13.5. The molecule has 0 amide bonds. The van der Waals surface area contributed by atoms with E-state index in [1.807, 2.05) is 6.07 Å². The molecule has 9 heteroatoms. The molecule has 3 aromatic rings. The first-order chi connectivity index (χ1) is 13.0. The highest BCUT2D eigenvalue weighted by atomic mass is 32.1. The molecule has 0 saturated heterocycles. The third kappa shape index (κ3) is 4.13. The first-order valence-corrected chi connectivity index (χ1v) is 8.38. The lowest BCUT2D eigenvalue weighted by atomic mass is 10.2. The summed E-state index contributed by atoms with van der Waals surface area (Å²) in [6.07, 6.45) is 1.23. The zero-order chi connectivity index (χ0) is 19.4. The summed E-state index contributed by atoms with van der Waals surface area (Å²) in [5, 5.41) is 24.8. The monoisotopic (exact) mass is 384 g/mol. The number of halogens is 2. The SMILES string of the molecule is N#C/C(=C/Nc1cc([N+](=O)[O-])ccc1F)c1nc(-c2ccc(F)cc2)cs1. The molecule has 2 aromatic carbocycles. The average Bonchev–Trinajstić information content (AvgIpc) is 3.14. The van der Waals surface area contributed by atoms with Gasteiger partial charge in [-0.05, 0) is 30.3 Å². The Bertz CT molecular complexity index is 1070. The Hall–Kier alpha value is -3.64. The number of non-ortho nitro benzene ring substituents is 1. The van der Waals surface area contributed by atoms with Crippen LogP contribution < -0.4 is 5.32 Å². The van der Waals surface area contributed by atoms with Crippen LogP contribution in [0.4, 0.5) is 20.2 Å². The van der Waals surface area contributed by atoms with Gasteiger partial charge in [0.05, 0.1) is 16.3 Å². The lowest BCUT2D eigenvalue weighted by Crippen LogP contribution is -1.96. The Labute approximate surface area is 156 Å². The molecule has 1 aromatic heterocycles. The van der Waals surface area contributed by atoms with Gasteiger partial charge >= 0.3 is 0 Å². The number of allylic oxidation sites excluding steroid dienone is 1. The lowest BCUT2D eigenvalue weighted by Gasteiger charge is -2.03. The van der Waals surface area contributed by atoms with Crippen LogP contribution >= 0.6 is 11.3 Å². The van der Waals surface area contributed by atoms with Crippen LogP contribution in [0.1, 0.15) is 5.01 Å². The number of hydrogen-bond acceptors (Lipinski definition) is 6. The molecule has 0 saturated carbocycles. The van der Waals surface area contributed by atoms with Crippen LogP contribution in [0.15, 0.2) is 54.0 Å². The normalized spacial score (nSPS) is 11.1. The van der Waals surface area contributed by atoms with Crippen LogP contribution in [0.5, 0.6) is 0 Å². The van der Waals surface area contributed by atoms with Crippen molar-refractivity contribution in [3.05, 3.63) is 80.8 Å². The van der Waals surface area contributed by atoms with Crippen LogP contribution in [0.2, 0.25) is 0 Å². The fourth-order valence-corrected chi connectivity index (χ4v) is 2.97. The summed E-state index contributed by atoms with van der Waals surface area (Å²) in [4.78, 5) is 14.5. The summed E-state index contributed by atoms with van der Waals surface area (Å²) in [5.41, 5.74) is 0.969. The van der Waals surface area contributed by atoms with Crippen LogP contribution in [0.3, 0.4) is 0 Å². The van der Waals surface area contributed by atoms with Gasteiger partial charge in [0.25, 0.3) is 5.69 Å². The summed E-state index contributed by atoms with van der Waals surface area (Å²) in [6, 6.07) is 10.8. The third-order valence-electron chi connectivity index (χ3n) is 3.53. The fourth-order valence-electron chi connectivity index (χ4n) is 2.18. The van der Waals surface area contributed by atoms with Gasteiger partial charge in [-0.15, -0.1) is 11.3 Å². The molecule has 6 nitrogen and oxygen atoms in total. The summed E-state index contributed by atoms with van der Waals surface area (Å²) in [5.74, 6) is -1.06. The van der Waals surface area contributed by atoms with Crippen LogP contribution in [-0.2, 0) is 0 Å². The van der Waals surface area contributed by atoms with E-state index < -0.39 is 10.7 Å². The van der Waals surface area contributed by atoms with E-state index in [0.717, 1.165) is 18.2 Å². The van der Waals surface area contributed by atoms with Crippen LogP contribution in [0.25, 0.3) is 16.8 Å². The Morgan fingerprint density at radius 3 is 2.67 bits per heavy atom. The molecule has 1 heterocycles. The van der Waals surface area contributed by atoms with Gasteiger partial charge in [-0.1, -0.05) is 0 Å². The maximum atomic E-state index is 13.8. The van der Waals surface area contributed by atoms with E-state index >= 15 is 0 Å². The number of nitro groups is 1. The molecule has 0 atom stereocenters. The van der Waals surface area contributed by atoms with E-state index in [0.29, 0.717) is 16.3 Å². The van der Waals surface area contributed by atoms with E-state index in [-0.39, 0.29) is 22.8 Å². The molecule has 0 aliphatic carbocycles. The molecule has 0 radical (unpaired) electrons. The molecule has 0 fully saturated rings. The van der Waals surface area contributed by atoms with Gasteiger partial charge in [0, 0.05) is 29.3 Å². The largest absolute Gasteiger partial charge is 0.358 e.